The van der Waals surface area contributed by atoms with E-state index in [-0.39, 0.29) is 11.2 Å². The third kappa shape index (κ3) is 3.96. The molecule has 1 aromatic heterocycles. The molecule has 0 radical (unpaired) electrons. The van der Waals surface area contributed by atoms with E-state index in [1.807, 2.05) is 24.3 Å². The van der Waals surface area contributed by atoms with E-state index >= 15 is 0 Å². The van der Waals surface area contributed by atoms with Gasteiger partial charge in [-0.25, -0.2) is 4.98 Å². The summed E-state index contributed by atoms with van der Waals surface area (Å²) in [5.74, 6) is 5.92. The number of nitrogens with zero attached hydrogens (tertiary/aromatic N) is 2. The van der Waals surface area contributed by atoms with Crippen LogP contribution in [0.5, 0.6) is 5.75 Å². The van der Waals surface area contributed by atoms with Crippen molar-refractivity contribution in [2.24, 2.45) is 10.9 Å². The van der Waals surface area contributed by atoms with Gasteiger partial charge in [-0.1, -0.05) is 12.2 Å². The summed E-state index contributed by atoms with van der Waals surface area (Å²) >= 11 is 3.03. The van der Waals surface area contributed by atoms with Crippen molar-refractivity contribution in [3.8, 4) is 17.0 Å². The molecule has 6 heteroatoms. The van der Waals surface area contributed by atoms with Crippen LogP contribution in [0, 0.1) is 12.3 Å². The molecule has 0 bridgehead atoms. The molecule has 0 fully saturated rings. The van der Waals surface area contributed by atoms with Crippen molar-refractivity contribution in [2.45, 2.75) is 19.8 Å². The number of ether oxygens (including phenoxy) is 1. The van der Waals surface area contributed by atoms with Gasteiger partial charge in [-0.05, 0) is 76.8 Å². The Morgan fingerprint density at radius 3 is 2.68 bits per heavy atom. The van der Waals surface area contributed by atoms with Crippen LogP contribution in [0.3, 0.4) is 0 Å². The topological polar surface area (TPSA) is 84.3 Å². The summed E-state index contributed by atoms with van der Waals surface area (Å²) in [6.45, 7) is 2.22. The minimum absolute atomic E-state index is 0.119. The van der Waals surface area contributed by atoms with Crippen molar-refractivity contribution in [3.05, 3.63) is 46.5 Å². The fourth-order valence-electron chi connectivity index (χ4n) is 2.74. The molecule has 0 aliphatic heterocycles. The highest BCUT2D eigenvalue weighted by atomic mass is 79.9. The minimum atomic E-state index is 0.119. The van der Waals surface area contributed by atoms with Gasteiger partial charge in [0.25, 0.3) is 0 Å². The van der Waals surface area contributed by atoms with Crippen molar-refractivity contribution in [1.82, 2.24) is 4.98 Å². The van der Waals surface area contributed by atoms with E-state index in [4.69, 9.17) is 21.0 Å². The lowest BCUT2D eigenvalue weighted by Crippen LogP contribution is -2.30. The van der Waals surface area contributed by atoms with Crippen molar-refractivity contribution < 1.29 is 4.74 Å². The summed E-state index contributed by atoms with van der Waals surface area (Å²) in [7, 11) is 0. The number of halogens is 1. The lowest BCUT2D eigenvalue weighted by Gasteiger charge is -2.10. The van der Waals surface area contributed by atoms with Crippen molar-refractivity contribution in [2.75, 3.05) is 6.61 Å². The lowest BCUT2D eigenvalue weighted by atomic mass is 10.0. The Morgan fingerprint density at radius 1 is 1.28 bits per heavy atom. The smallest absolute Gasteiger partial charge is 0.135 e. The van der Waals surface area contributed by atoms with Gasteiger partial charge in [0, 0.05) is 5.56 Å². The van der Waals surface area contributed by atoms with Crippen LogP contribution in [0.2, 0.25) is 0 Å². The van der Waals surface area contributed by atoms with Gasteiger partial charge in [-0.2, -0.15) is 5.10 Å². The van der Waals surface area contributed by atoms with Crippen LogP contribution < -0.4 is 21.1 Å². The molecular formula is C19H19BrN4O. The van der Waals surface area contributed by atoms with Crippen LogP contribution in [0.25, 0.3) is 23.4 Å². The average molecular weight is 399 g/mol. The first-order chi connectivity index (χ1) is 12.1. The highest BCUT2D eigenvalue weighted by molar-refractivity contribution is 9.19. The zero-order chi connectivity index (χ0) is 17.8. The van der Waals surface area contributed by atoms with Crippen LogP contribution in [-0.4, -0.2) is 21.9 Å². The number of rotatable bonds is 5. The van der Waals surface area contributed by atoms with Gasteiger partial charge >= 0.3 is 0 Å². The van der Waals surface area contributed by atoms with E-state index in [0.29, 0.717) is 11.5 Å². The number of aryl methyl sites for hydroxylation is 1. The second kappa shape index (κ2) is 7.61. The molecule has 25 heavy (non-hydrogen) atoms. The first-order valence-electron chi connectivity index (χ1n) is 8.01. The largest absolute Gasteiger partial charge is 0.487 e. The van der Waals surface area contributed by atoms with E-state index < -0.39 is 0 Å². The monoisotopic (exact) mass is 398 g/mol. The molecule has 0 unspecified atom stereocenters. The van der Waals surface area contributed by atoms with Gasteiger partial charge in [-0.3, -0.25) is 5.41 Å². The summed E-state index contributed by atoms with van der Waals surface area (Å²) in [5, 5.41) is 13.3. The van der Waals surface area contributed by atoms with Gasteiger partial charge in [0.2, 0.25) is 0 Å². The first-order valence-corrected chi connectivity index (χ1v) is 8.80. The maximum absolute atomic E-state index is 7.48. The summed E-state index contributed by atoms with van der Waals surface area (Å²) in [6.07, 6.45) is 6.56. The fourth-order valence-corrected chi connectivity index (χ4v) is 2.96. The number of nitrogens with two attached hydrogens (primary N) is 1. The van der Waals surface area contributed by atoms with E-state index in [2.05, 4.69) is 46.2 Å². The predicted octanol–water partition coefficient (Wildman–Crippen LogP) is 2.48. The van der Waals surface area contributed by atoms with E-state index in [0.717, 1.165) is 35.0 Å². The second-order valence-electron chi connectivity index (χ2n) is 5.82. The van der Waals surface area contributed by atoms with Crippen LogP contribution in [0.15, 0.2) is 35.4 Å². The summed E-state index contributed by atoms with van der Waals surface area (Å²) < 4.78 is 5.74. The molecule has 0 amide bonds. The number of hydrogen-bond acceptors (Lipinski definition) is 5. The molecule has 1 aliphatic carbocycles. The average Bonchev–Trinajstić information content (AvgIpc) is 2.62. The lowest BCUT2D eigenvalue weighted by molar-refractivity contribution is 0.378. The maximum Gasteiger partial charge on any atom is 0.135 e. The van der Waals surface area contributed by atoms with Crippen molar-refractivity contribution >= 4 is 38.4 Å². The van der Waals surface area contributed by atoms with Crippen molar-refractivity contribution in [3.63, 3.8) is 0 Å². The molecule has 2 aromatic rings. The number of hydrogen-bond donors (Lipinski definition) is 2. The van der Waals surface area contributed by atoms with E-state index in [9.17, 15) is 0 Å². The molecular weight excluding hydrogens is 380 g/mol. The van der Waals surface area contributed by atoms with Crippen LogP contribution in [-0.2, 0) is 0 Å². The Hall–Kier alpha value is -2.47. The normalized spacial score (nSPS) is 13.4. The molecule has 1 heterocycles. The second-order valence-corrected chi connectivity index (χ2v) is 6.61. The zero-order valence-corrected chi connectivity index (χ0v) is 15.5. The molecule has 3 rings (SSSR count). The Kier molecular flexibility index (Phi) is 5.28. The summed E-state index contributed by atoms with van der Waals surface area (Å²) in [4.78, 5) is 4.83. The Bertz CT molecular complexity index is 949. The van der Waals surface area contributed by atoms with Gasteiger partial charge < -0.3 is 10.6 Å². The third-order valence-electron chi connectivity index (χ3n) is 4.05. The quantitative estimate of drug-likeness (QED) is 0.460. The number of hydrazone groups is 1. The maximum atomic E-state index is 7.48. The SMILES string of the molecule is Cc1cc2c(nc1-c1ccc(OC/C(=N/N)C(=N)Br)cc1)=CCCC=2. The molecule has 128 valence electrons. The molecule has 0 atom stereocenters. The molecule has 0 saturated carbocycles. The van der Waals surface area contributed by atoms with Gasteiger partial charge in [0.15, 0.2) is 0 Å². The van der Waals surface area contributed by atoms with Gasteiger partial charge in [0.05, 0.1) is 11.0 Å². The number of pyridine rings is 1. The predicted molar refractivity (Wildman–Crippen MR) is 106 cm³/mol. The highest BCUT2D eigenvalue weighted by Gasteiger charge is 2.08. The molecule has 1 aliphatic rings. The van der Waals surface area contributed by atoms with Gasteiger partial charge in [0.1, 0.15) is 22.7 Å². The Balaban J connectivity index is 1.83. The Morgan fingerprint density at radius 2 is 2.00 bits per heavy atom. The van der Waals surface area contributed by atoms with Crippen LogP contribution in [0.1, 0.15) is 18.4 Å². The number of nitrogens with one attached hydrogen (secondary N) is 1. The number of benzene rings is 1. The highest BCUT2D eigenvalue weighted by Crippen LogP contribution is 2.22. The molecule has 5 nitrogen and oxygen atoms in total. The third-order valence-corrected chi connectivity index (χ3v) is 4.51. The standard InChI is InChI=1S/C19H19BrN4O/c1-12-10-14-4-2-3-5-16(14)23-18(12)13-6-8-15(9-7-13)25-11-17(24-22)19(20)21/h4-10,21H,2-3,11,22H2,1H3/b21-19?,24-17-. The van der Waals surface area contributed by atoms with Crippen LogP contribution in [0.4, 0.5) is 0 Å². The molecule has 1 aromatic carbocycles. The first kappa shape index (κ1) is 17.4. The molecule has 0 spiro atoms. The fraction of sp³-hybridized carbons (Fsp3) is 0.211. The van der Waals surface area contributed by atoms with E-state index in [1.54, 1.807) is 0 Å². The Labute approximate surface area is 154 Å². The summed E-state index contributed by atoms with van der Waals surface area (Å²) in [6, 6.07) is 9.95. The number of fused-ring (bicyclic) bond motifs is 1. The minimum Gasteiger partial charge on any atom is -0.487 e. The van der Waals surface area contributed by atoms with E-state index in [1.165, 1.54) is 5.22 Å². The number of aromatic nitrogens is 1. The summed E-state index contributed by atoms with van der Waals surface area (Å²) in [5.41, 5.74) is 3.54. The molecule has 0 saturated heterocycles. The zero-order valence-electron chi connectivity index (χ0n) is 13.9. The van der Waals surface area contributed by atoms with Crippen LogP contribution >= 0.6 is 15.9 Å². The van der Waals surface area contributed by atoms with Gasteiger partial charge in [-0.15, -0.1) is 0 Å². The molecule has 3 N–H and O–H groups in total. The van der Waals surface area contributed by atoms with Crippen molar-refractivity contribution in [1.29, 1.82) is 5.41 Å².